The lowest BCUT2D eigenvalue weighted by molar-refractivity contribution is -0.122. The number of nitrogens with zero attached hydrogens (tertiary/aromatic N) is 3. The van der Waals surface area contributed by atoms with Gasteiger partial charge in [-0.05, 0) is 61.0 Å². The number of amides is 3. The Balaban J connectivity index is 1.28. The highest BCUT2D eigenvalue weighted by molar-refractivity contribution is 6.23. The van der Waals surface area contributed by atoms with E-state index < -0.39 is 11.9 Å². The van der Waals surface area contributed by atoms with Crippen LogP contribution in [0.2, 0.25) is 0 Å². The topological polar surface area (TPSA) is 83.7 Å². The van der Waals surface area contributed by atoms with Crippen molar-refractivity contribution in [2.45, 2.75) is 25.9 Å². The summed E-state index contributed by atoms with van der Waals surface area (Å²) in [5.74, 6) is -0.615. The van der Waals surface area contributed by atoms with Gasteiger partial charge in [0.2, 0.25) is 11.8 Å². The number of aryl methyl sites for hydroxylation is 1. The molecule has 1 aromatic heterocycles. The maximum atomic E-state index is 13.7. The third-order valence-electron chi connectivity index (χ3n) is 6.92. The number of hydrogen-bond donors (Lipinski definition) is 0. The van der Waals surface area contributed by atoms with Gasteiger partial charge in [0.05, 0.1) is 12.1 Å². The first kappa shape index (κ1) is 24.3. The summed E-state index contributed by atoms with van der Waals surface area (Å²) in [4.78, 5) is 47.7. The number of hydrogen-bond acceptors (Lipinski definition) is 5. The predicted octanol–water partition coefficient (Wildman–Crippen LogP) is 5.78. The molecule has 1 aliphatic heterocycles. The Hall–Kier alpha value is -5.04. The average molecular weight is 516 g/mol. The predicted molar refractivity (Wildman–Crippen MR) is 148 cm³/mol. The zero-order valence-corrected chi connectivity index (χ0v) is 21.3. The molecule has 0 spiro atoms. The lowest BCUT2D eigenvalue weighted by Gasteiger charge is -2.28. The number of para-hydroxylation sites is 2. The zero-order valence-electron chi connectivity index (χ0n) is 21.3. The molecular weight excluding hydrogens is 490 g/mol. The quantitative estimate of drug-likeness (QED) is 0.268. The molecule has 1 atom stereocenters. The van der Waals surface area contributed by atoms with Gasteiger partial charge in [-0.25, -0.2) is 9.88 Å². The van der Waals surface area contributed by atoms with Crippen LogP contribution >= 0.6 is 0 Å². The van der Waals surface area contributed by atoms with Crippen LogP contribution in [0.4, 0.5) is 5.69 Å². The summed E-state index contributed by atoms with van der Waals surface area (Å²) >= 11 is 0. The molecule has 2 heterocycles. The maximum absolute atomic E-state index is 13.7. The van der Waals surface area contributed by atoms with Gasteiger partial charge in [0.1, 0.15) is 11.6 Å². The second-order valence-corrected chi connectivity index (χ2v) is 9.61. The largest absolute Gasteiger partial charge is 0.436 e. The molecule has 4 aromatic carbocycles. The van der Waals surface area contributed by atoms with Crippen molar-refractivity contribution in [2.75, 3.05) is 4.90 Å². The van der Waals surface area contributed by atoms with Gasteiger partial charge in [-0.15, -0.1) is 0 Å². The molecule has 192 valence electrons. The van der Waals surface area contributed by atoms with Gasteiger partial charge >= 0.3 is 0 Å². The van der Waals surface area contributed by atoms with E-state index >= 15 is 0 Å². The SMILES string of the molecule is Cc1ccc(C(=O)N(Cc2ccccc2)C2CC(=O)N(c3ccc(-c4nc5ccccc5o4)cc3)C2=O)cc1. The normalized spacial score (nSPS) is 15.2. The molecule has 5 aromatic rings. The van der Waals surface area contributed by atoms with E-state index in [4.69, 9.17) is 4.42 Å². The molecule has 3 amide bonds. The van der Waals surface area contributed by atoms with Crippen molar-refractivity contribution in [3.8, 4) is 11.5 Å². The molecule has 7 heteroatoms. The van der Waals surface area contributed by atoms with Crippen LogP contribution < -0.4 is 4.90 Å². The monoisotopic (exact) mass is 515 g/mol. The molecule has 0 saturated carbocycles. The van der Waals surface area contributed by atoms with E-state index in [1.165, 1.54) is 9.80 Å². The van der Waals surface area contributed by atoms with Gasteiger partial charge in [0.15, 0.2) is 5.58 Å². The van der Waals surface area contributed by atoms with E-state index in [9.17, 15) is 14.4 Å². The number of imide groups is 1. The van der Waals surface area contributed by atoms with E-state index in [-0.39, 0.29) is 24.8 Å². The molecule has 1 fully saturated rings. The molecular formula is C32H25N3O4. The van der Waals surface area contributed by atoms with E-state index in [2.05, 4.69) is 4.98 Å². The van der Waals surface area contributed by atoms with Crippen LogP contribution in [0.25, 0.3) is 22.6 Å². The van der Waals surface area contributed by atoms with Crippen molar-refractivity contribution in [3.05, 3.63) is 120 Å². The van der Waals surface area contributed by atoms with Gasteiger partial charge in [0.25, 0.3) is 11.8 Å². The highest BCUT2D eigenvalue weighted by Crippen LogP contribution is 2.31. The molecule has 39 heavy (non-hydrogen) atoms. The summed E-state index contributed by atoms with van der Waals surface area (Å²) in [5.41, 5.74) is 4.97. The minimum absolute atomic E-state index is 0.0872. The Labute approximate surface area is 225 Å². The van der Waals surface area contributed by atoms with Gasteiger partial charge in [0, 0.05) is 17.7 Å². The lowest BCUT2D eigenvalue weighted by Crippen LogP contribution is -2.45. The average Bonchev–Trinajstić information content (AvgIpc) is 3.52. The van der Waals surface area contributed by atoms with Crippen molar-refractivity contribution in [1.29, 1.82) is 0 Å². The zero-order chi connectivity index (χ0) is 26.9. The summed E-state index contributed by atoms with van der Waals surface area (Å²) in [6.45, 7) is 2.16. The fraction of sp³-hybridized carbons (Fsp3) is 0.125. The first-order chi connectivity index (χ1) is 19.0. The Kier molecular flexibility index (Phi) is 6.25. The van der Waals surface area contributed by atoms with Crippen molar-refractivity contribution >= 4 is 34.5 Å². The van der Waals surface area contributed by atoms with Crippen LogP contribution in [0, 0.1) is 6.92 Å². The third-order valence-corrected chi connectivity index (χ3v) is 6.92. The van der Waals surface area contributed by atoms with E-state index in [1.807, 2.05) is 73.7 Å². The first-order valence-electron chi connectivity index (χ1n) is 12.7. The van der Waals surface area contributed by atoms with Crippen LogP contribution in [0.3, 0.4) is 0 Å². The highest BCUT2D eigenvalue weighted by Gasteiger charge is 2.44. The standard InChI is InChI=1S/C32H25N3O4/c1-21-11-13-24(14-12-21)31(37)34(20-22-7-3-2-4-8-22)27-19-29(36)35(32(27)38)25-17-15-23(16-18-25)30-33-26-9-5-6-10-28(26)39-30/h2-18,27H,19-20H2,1H3. The highest BCUT2D eigenvalue weighted by atomic mass is 16.3. The molecule has 0 radical (unpaired) electrons. The Bertz CT molecular complexity index is 1640. The number of aromatic nitrogens is 1. The van der Waals surface area contributed by atoms with Crippen LogP contribution in [0.1, 0.15) is 27.9 Å². The minimum atomic E-state index is -0.914. The Morgan fingerprint density at radius 1 is 0.897 bits per heavy atom. The van der Waals surface area contributed by atoms with Gasteiger partial charge < -0.3 is 9.32 Å². The first-order valence-corrected chi connectivity index (χ1v) is 12.7. The number of anilines is 1. The molecule has 7 nitrogen and oxygen atoms in total. The lowest BCUT2D eigenvalue weighted by atomic mass is 10.1. The van der Waals surface area contributed by atoms with E-state index in [0.717, 1.165) is 22.2 Å². The van der Waals surface area contributed by atoms with Gasteiger partial charge in [-0.2, -0.15) is 0 Å². The van der Waals surface area contributed by atoms with Crippen LogP contribution in [0.5, 0.6) is 0 Å². The molecule has 0 bridgehead atoms. The van der Waals surface area contributed by atoms with Crippen LogP contribution in [-0.4, -0.2) is 33.6 Å². The third kappa shape index (κ3) is 4.70. The Morgan fingerprint density at radius 3 is 2.31 bits per heavy atom. The number of carbonyl (C=O) groups is 3. The van der Waals surface area contributed by atoms with Crippen LogP contribution in [0.15, 0.2) is 108 Å². The van der Waals surface area contributed by atoms with Crippen molar-refractivity contribution in [1.82, 2.24) is 9.88 Å². The molecule has 1 unspecified atom stereocenters. The van der Waals surface area contributed by atoms with Crippen molar-refractivity contribution in [3.63, 3.8) is 0 Å². The fourth-order valence-corrected chi connectivity index (χ4v) is 4.85. The molecule has 0 aliphatic carbocycles. The van der Waals surface area contributed by atoms with Crippen molar-refractivity contribution in [2.24, 2.45) is 0 Å². The van der Waals surface area contributed by atoms with Crippen molar-refractivity contribution < 1.29 is 18.8 Å². The minimum Gasteiger partial charge on any atom is -0.436 e. The number of oxazole rings is 1. The second-order valence-electron chi connectivity index (χ2n) is 9.61. The van der Waals surface area contributed by atoms with Gasteiger partial charge in [-0.1, -0.05) is 60.2 Å². The second kappa shape index (κ2) is 10.0. The number of benzene rings is 4. The number of carbonyl (C=O) groups excluding carboxylic acids is 3. The smallest absolute Gasteiger partial charge is 0.257 e. The Morgan fingerprint density at radius 2 is 1.59 bits per heavy atom. The summed E-state index contributed by atoms with van der Waals surface area (Å²) in [5, 5.41) is 0. The number of fused-ring (bicyclic) bond motifs is 1. The van der Waals surface area contributed by atoms with E-state index in [1.54, 1.807) is 36.4 Å². The molecule has 1 aliphatic rings. The maximum Gasteiger partial charge on any atom is 0.257 e. The summed E-state index contributed by atoms with van der Waals surface area (Å²) in [6.07, 6.45) is -0.0872. The summed E-state index contributed by atoms with van der Waals surface area (Å²) < 4.78 is 5.84. The summed E-state index contributed by atoms with van der Waals surface area (Å²) in [7, 11) is 0. The molecule has 0 N–H and O–H groups in total. The van der Waals surface area contributed by atoms with Crippen LogP contribution in [-0.2, 0) is 16.1 Å². The number of rotatable bonds is 6. The molecule has 1 saturated heterocycles. The summed E-state index contributed by atoms with van der Waals surface area (Å²) in [6, 6.07) is 30.2. The van der Waals surface area contributed by atoms with Gasteiger partial charge in [-0.3, -0.25) is 14.4 Å². The fourth-order valence-electron chi connectivity index (χ4n) is 4.85. The molecule has 6 rings (SSSR count). The van der Waals surface area contributed by atoms with E-state index in [0.29, 0.717) is 22.7 Å².